The molecule has 1 N–H and O–H groups in total. The molecule has 1 aromatic rings. The number of nitrogens with one attached hydrogen (secondary N) is 1. The van der Waals surface area contributed by atoms with Crippen molar-refractivity contribution < 1.29 is 19.1 Å². The number of hydrogen-bond acceptors (Lipinski definition) is 5. The number of nitrogens with zero attached hydrogens (tertiary/aromatic N) is 1. The topological polar surface area (TPSA) is 88.4 Å². The third-order valence-corrected chi connectivity index (χ3v) is 6.44. The second kappa shape index (κ2) is 7.46. The SMILES string of the molecule is C[C@@H](OC(=O)COc1ccc(C#N)cc1)C(=O)NC12CC3CC(CC(C3)C1)C2. The smallest absolute Gasteiger partial charge is 0.344 e. The lowest BCUT2D eigenvalue weighted by Gasteiger charge is -2.57. The van der Waals surface area contributed by atoms with Gasteiger partial charge in [-0.2, -0.15) is 5.26 Å². The summed E-state index contributed by atoms with van der Waals surface area (Å²) in [5, 5.41) is 12.0. The van der Waals surface area contributed by atoms with E-state index in [1.165, 1.54) is 19.3 Å². The van der Waals surface area contributed by atoms with Crippen molar-refractivity contribution in [2.45, 2.75) is 57.1 Å². The normalized spacial score (nSPS) is 30.9. The Morgan fingerprint density at radius 1 is 1.14 bits per heavy atom. The first-order valence-corrected chi connectivity index (χ1v) is 10.1. The van der Waals surface area contributed by atoms with E-state index < -0.39 is 12.1 Å². The maximum Gasteiger partial charge on any atom is 0.344 e. The van der Waals surface area contributed by atoms with Gasteiger partial charge in [-0.25, -0.2) is 4.79 Å². The lowest BCUT2D eigenvalue weighted by atomic mass is 9.53. The van der Waals surface area contributed by atoms with Crippen LogP contribution in [0.2, 0.25) is 0 Å². The van der Waals surface area contributed by atoms with Crippen molar-refractivity contribution >= 4 is 11.9 Å². The summed E-state index contributed by atoms with van der Waals surface area (Å²) in [7, 11) is 0. The van der Waals surface area contributed by atoms with Crippen molar-refractivity contribution in [3.05, 3.63) is 29.8 Å². The summed E-state index contributed by atoms with van der Waals surface area (Å²) >= 11 is 0. The standard InChI is InChI=1S/C22H26N2O4/c1-14(28-20(25)13-27-19-4-2-15(12-23)3-5-19)21(26)24-22-9-16-6-17(10-22)8-18(7-16)11-22/h2-5,14,16-18H,6-11,13H2,1H3,(H,24,26)/t14-,16?,17?,18?,22?/m1/s1. The summed E-state index contributed by atoms with van der Waals surface area (Å²) in [4.78, 5) is 24.7. The predicted molar refractivity (Wildman–Crippen MR) is 101 cm³/mol. The van der Waals surface area contributed by atoms with E-state index in [4.69, 9.17) is 14.7 Å². The molecule has 0 spiro atoms. The van der Waals surface area contributed by atoms with Gasteiger partial charge in [0.25, 0.3) is 5.91 Å². The highest BCUT2D eigenvalue weighted by molar-refractivity contribution is 5.84. The number of hydrogen-bond donors (Lipinski definition) is 1. The zero-order chi connectivity index (χ0) is 19.7. The van der Waals surface area contributed by atoms with Gasteiger partial charge in [0.2, 0.25) is 0 Å². The van der Waals surface area contributed by atoms with Gasteiger partial charge in [-0.1, -0.05) is 0 Å². The minimum Gasteiger partial charge on any atom is -0.482 e. The molecule has 4 saturated carbocycles. The Morgan fingerprint density at radius 2 is 1.71 bits per heavy atom. The first-order chi connectivity index (χ1) is 13.4. The number of carbonyl (C=O) groups is 2. The second-order valence-electron chi connectivity index (χ2n) is 8.74. The van der Waals surface area contributed by atoms with E-state index in [1.807, 2.05) is 6.07 Å². The third-order valence-electron chi connectivity index (χ3n) is 6.44. The van der Waals surface area contributed by atoms with Crippen LogP contribution in [-0.4, -0.2) is 30.1 Å². The summed E-state index contributed by atoms with van der Waals surface area (Å²) in [5.41, 5.74) is 0.427. The molecular weight excluding hydrogens is 356 g/mol. The van der Waals surface area contributed by atoms with Crippen LogP contribution in [0, 0.1) is 29.1 Å². The average molecular weight is 382 g/mol. The minimum atomic E-state index is -0.843. The highest BCUT2D eigenvalue weighted by atomic mass is 16.6. The van der Waals surface area contributed by atoms with Crippen LogP contribution in [0.15, 0.2) is 24.3 Å². The molecule has 1 aromatic carbocycles. The fraction of sp³-hybridized carbons (Fsp3) is 0.591. The van der Waals surface area contributed by atoms with Crippen LogP contribution in [0.4, 0.5) is 0 Å². The molecule has 0 aliphatic heterocycles. The Bertz CT molecular complexity index is 760. The number of benzene rings is 1. The summed E-state index contributed by atoms with van der Waals surface area (Å²) in [6.45, 7) is 1.33. The van der Waals surface area contributed by atoms with Gasteiger partial charge in [0, 0.05) is 5.54 Å². The number of carbonyl (C=O) groups excluding carboxylic acids is 2. The molecule has 1 amide bonds. The van der Waals surface area contributed by atoms with Crippen LogP contribution in [0.5, 0.6) is 5.75 Å². The number of amides is 1. The van der Waals surface area contributed by atoms with Crippen molar-refractivity contribution in [2.75, 3.05) is 6.61 Å². The number of esters is 1. The van der Waals surface area contributed by atoms with E-state index >= 15 is 0 Å². The molecule has 4 aliphatic rings. The fourth-order valence-corrected chi connectivity index (χ4v) is 5.68. The van der Waals surface area contributed by atoms with Gasteiger partial charge in [-0.3, -0.25) is 4.79 Å². The van der Waals surface area contributed by atoms with Crippen molar-refractivity contribution in [3.8, 4) is 11.8 Å². The van der Waals surface area contributed by atoms with E-state index in [0.29, 0.717) is 11.3 Å². The zero-order valence-electron chi connectivity index (χ0n) is 16.1. The van der Waals surface area contributed by atoms with Crippen LogP contribution in [0.1, 0.15) is 51.0 Å². The van der Waals surface area contributed by atoms with E-state index in [-0.39, 0.29) is 18.1 Å². The average Bonchev–Trinajstić information content (AvgIpc) is 2.65. The highest BCUT2D eigenvalue weighted by Crippen LogP contribution is 2.55. The molecule has 0 heterocycles. The second-order valence-corrected chi connectivity index (χ2v) is 8.74. The molecule has 0 radical (unpaired) electrons. The van der Waals surface area contributed by atoms with Crippen molar-refractivity contribution in [1.29, 1.82) is 5.26 Å². The molecule has 4 aliphatic carbocycles. The quantitative estimate of drug-likeness (QED) is 0.764. The summed E-state index contributed by atoms with van der Waals surface area (Å²) in [5.74, 6) is 1.90. The molecule has 1 atom stereocenters. The van der Waals surface area contributed by atoms with E-state index in [1.54, 1.807) is 31.2 Å². The van der Waals surface area contributed by atoms with E-state index in [0.717, 1.165) is 37.0 Å². The highest BCUT2D eigenvalue weighted by Gasteiger charge is 2.51. The molecule has 4 fully saturated rings. The number of ether oxygens (including phenoxy) is 2. The first kappa shape index (κ1) is 18.8. The van der Waals surface area contributed by atoms with E-state index in [2.05, 4.69) is 5.32 Å². The van der Waals surface area contributed by atoms with Crippen LogP contribution in [-0.2, 0) is 14.3 Å². The molecule has 0 aromatic heterocycles. The van der Waals surface area contributed by atoms with Crippen LogP contribution in [0.25, 0.3) is 0 Å². The maximum absolute atomic E-state index is 12.6. The number of nitriles is 1. The molecular formula is C22H26N2O4. The summed E-state index contributed by atoms with van der Waals surface area (Å²) in [6.07, 6.45) is 6.28. The molecule has 6 heteroatoms. The third kappa shape index (κ3) is 3.99. The number of rotatable bonds is 6. The van der Waals surface area contributed by atoms with Gasteiger partial charge in [0.1, 0.15) is 5.75 Å². The van der Waals surface area contributed by atoms with Crippen LogP contribution in [0.3, 0.4) is 0 Å². The molecule has 0 saturated heterocycles. The van der Waals surface area contributed by atoms with E-state index in [9.17, 15) is 9.59 Å². The van der Waals surface area contributed by atoms with Crippen molar-refractivity contribution in [2.24, 2.45) is 17.8 Å². The summed E-state index contributed by atoms with van der Waals surface area (Å²) in [6, 6.07) is 8.49. The predicted octanol–water partition coefficient (Wildman–Crippen LogP) is 2.95. The van der Waals surface area contributed by atoms with Gasteiger partial charge >= 0.3 is 5.97 Å². The lowest BCUT2D eigenvalue weighted by molar-refractivity contribution is -0.158. The molecule has 6 nitrogen and oxygen atoms in total. The Labute approximate surface area is 165 Å². The minimum absolute atomic E-state index is 0.0918. The molecule has 28 heavy (non-hydrogen) atoms. The van der Waals surface area contributed by atoms with Gasteiger partial charge in [-0.15, -0.1) is 0 Å². The first-order valence-electron chi connectivity index (χ1n) is 10.1. The van der Waals surface area contributed by atoms with Gasteiger partial charge in [0.15, 0.2) is 12.7 Å². The Balaban J connectivity index is 1.26. The van der Waals surface area contributed by atoms with Gasteiger partial charge in [0.05, 0.1) is 11.6 Å². The molecule has 148 valence electrons. The maximum atomic E-state index is 12.6. The van der Waals surface area contributed by atoms with Crippen LogP contribution < -0.4 is 10.1 Å². The Hall–Kier alpha value is -2.55. The molecule has 5 rings (SSSR count). The van der Waals surface area contributed by atoms with Gasteiger partial charge < -0.3 is 14.8 Å². The monoisotopic (exact) mass is 382 g/mol. The Kier molecular flexibility index (Phi) is 5.01. The largest absolute Gasteiger partial charge is 0.482 e. The lowest BCUT2D eigenvalue weighted by Crippen LogP contribution is -2.61. The van der Waals surface area contributed by atoms with Crippen molar-refractivity contribution in [3.63, 3.8) is 0 Å². The fourth-order valence-electron chi connectivity index (χ4n) is 5.68. The summed E-state index contributed by atoms with van der Waals surface area (Å²) < 4.78 is 10.6. The van der Waals surface area contributed by atoms with Crippen molar-refractivity contribution in [1.82, 2.24) is 5.32 Å². The van der Waals surface area contributed by atoms with Crippen LogP contribution >= 0.6 is 0 Å². The van der Waals surface area contributed by atoms with Gasteiger partial charge in [-0.05, 0) is 87.5 Å². The molecule has 4 bridgehead atoms. The zero-order valence-corrected chi connectivity index (χ0v) is 16.1. The Morgan fingerprint density at radius 3 is 2.25 bits per heavy atom. The molecule has 0 unspecified atom stereocenters.